The molecule has 0 amide bonds. The molecule has 0 fully saturated rings. The normalized spacial score (nSPS) is 10.7. The fourth-order valence-electron chi connectivity index (χ4n) is 1.33. The zero-order chi connectivity index (χ0) is 10.1. The van der Waals surface area contributed by atoms with Gasteiger partial charge in [0.1, 0.15) is 18.2 Å². The van der Waals surface area contributed by atoms with Crippen LogP contribution >= 0.6 is 0 Å². The van der Waals surface area contributed by atoms with Gasteiger partial charge in [0.25, 0.3) is 0 Å². The number of nitrogens with zero attached hydrogens (tertiary/aromatic N) is 3. The van der Waals surface area contributed by atoms with Crippen LogP contribution in [0.25, 0.3) is 23.0 Å². The quantitative estimate of drug-likeness (QED) is 0.652. The summed E-state index contributed by atoms with van der Waals surface area (Å²) in [5.74, 6) is 1.15. The number of H-pyrrole nitrogens is 2. The molecule has 0 aromatic carbocycles. The van der Waals surface area contributed by atoms with Crippen LogP contribution in [-0.4, -0.2) is 25.1 Å². The van der Waals surface area contributed by atoms with Gasteiger partial charge in [0.15, 0.2) is 5.82 Å². The standard InChI is InChI=1S/C9H6N5O/c1-2-11-8(10-1)7-6(5-13-14-7)9-12-3-4-15-9/h1-4H,(H,10,11)(H,13,14). The van der Waals surface area contributed by atoms with Gasteiger partial charge in [-0.2, -0.15) is 5.10 Å². The van der Waals surface area contributed by atoms with E-state index >= 15 is 0 Å². The molecule has 3 aromatic rings. The molecule has 6 nitrogen and oxygen atoms in total. The van der Waals surface area contributed by atoms with E-state index in [4.69, 9.17) is 4.42 Å². The second-order valence-corrected chi connectivity index (χ2v) is 2.86. The summed E-state index contributed by atoms with van der Waals surface area (Å²) in [5.41, 5.74) is 1.37. The maximum atomic E-state index is 5.17. The van der Waals surface area contributed by atoms with Crippen LogP contribution in [-0.2, 0) is 0 Å². The molecule has 73 valence electrons. The average molecular weight is 200 g/mol. The Morgan fingerprint density at radius 3 is 3.00 bits per heavy atom. The molecular weight excluding hydrogens is 194 g/mol. The summed E-state index contributed by atoms with van der Waals surface area (Å²) in [7, 11) is 0. The molecule has 0 aliphatic rings. The molecule has 0 saturated carbocycles. The minimum Gasteiger partial charge on any atom is -0.444 e. The van der Waals surface area contributed by atoms with Gasteiger partial charge in [0.2, 0.25) is 5.89 Å². The summed E-state index contributed by atoms with van der Waals surface area (Å²) in [6.07, 6.45) is 9.24. The predicted octanol–water partition coefficient (Wildman–Crippen LogP) is 1.25. The number of aromatic amines is 2. The van der Waals surface area contributed by atoms with E-state index in [0.717, 1.165) is 0 Å². The lowest BCUT2D eigenvalue weighted by Crippen LogP contribution is -1.84. The Hall–Kier alpha value is -2.37. The zero-order valence-corrected chi connectivity index (χ0v) is 7.56. The van der Waals surface area contributed by atoms with E-state index < -0.39 is 0 Å². The van der Waals surface area contributed by atoms with E-state index in [-0.39, 0.29) is 0 Å². The first-order valence-corrected chi connectivity index (χ1v) is 4.31. The molecule has 3 heterocycles. The summed E-state index contributed by atoms with van der Waals surface area (Å²) in [5, 5.41) is 6.62. The molecule has 2 N–H and O–H groups in total. The van der Waals surface area contributed by atoms with Crippen molar-refractivity contribution in [2.45, 2.75) is 0 Å². The molecule has 0 spiro atoms. The van der Waals surface area contributed by atoms with Gasteiger partial charge in [-0.3, -0.25) is 5.10 Å². The maximum absolute atomic E-state index is 5.17. The summed E-state index contributed by atoms with van der Waals surface area (Å²) in [6, 6.07) is 0. The Bertz CT molecular complexity index is 488. The Labute approximate surface area is 84.4 Å². The highest BCUT2D eigenvalue weighted by Gasteiger charge is 2.15. The van der Waals surface area contributed by atoms with Gasteiger partial charge >= 0.3 is 0 Å². The number of imidazole rings is 1. The second-order valence-electron chi connectivity index (χ2n) is 2.86. The number of hydrogen-bond donors (Lipinski definition) is 2. The van der Waals surface area contributed by atoms with Gasteiger partial charge in [0.05, 0.1) is 11.8 Å². The van der Waals surface area contributed by atoms with E-state index in [1.807, 2.05) is 0 Å². The third-order valence-corrected chi connectivity index (χ3v) is 1.97. The van der Waals surface area contributed by atoms with Crippen LogP contribution in [0.2, 0.25) is 0 Å². The average Bonchev–Trinajstić information content (AvgIpc) is 3.01. The van der Waals surface area contributed by atoms with Gasteiger partial charge in [-0.15, -0.1) is 0 Å². The molecule has 0 aliphatic carbocycles. The molecule has 0 bridgehead atoms. The van der Waals surface area contributed by atoms with E-state index in [0.29, 0.717) is 23.0 Å². The van der Waals surface area contributed by atoms with E-state index in [1.54, 1.807) is 18.6 Å². The molecule has 15 heavy (non-hydrogen) atoms. The van der Waals surface area contributed by atoms with Crippen molar-refractivity contribution in [2.75, 3.05) is 0 Å². The molecule has 3 rings (SSSR count). The van der Waals surface area contributed by atoms with E-state index in [1.165, 1.54) is 6.26 Å². The summed E-state index contributed by atoms with van der Waals surface area (Å²) < 4.78 is 5.17. The summed E-state index contributed by atoms with van der Waals surface area (Å²) in [4.78, 5) is 11.1. The fraction of sp³-hybridized carbons (Fsp3) is 0. The Morgan fingerprint density at radius 2 is 2.27 bits per heavy atom. The Balaban J connectivity index is 2.15. The van der Waals surface area contributed by atoms with Gasteiger partial charge in [-0.25, -0.2) is 9.97 Å². The van der Waals surface area contributed by atoms with Crippen LogP contribution in [0.4, 0.5) is 0 Å². The van der Waals surface area contributed by atoms with Gasteiger partial charge < -0.3 is 9.40 Å². The number of oxazole rings is 1. The molecule has 0 unspecified atom stereocenters. The number of nitrogens with one attached hydrogen (secondary N) is 2. The number of rotatable bonds is 2. The maximum Gasteiger partial charge on any atom is 0.230 e. The molecule has 0 saturated heterocycles. The minimum absolute atomic E-state index is 0.468. The lowest BCUT2D eigenvalue weighted by Gasteiger charge is -1.94. The van der Waals surface area contributed by atoms with E-state index in [9.17, 15) is 0 Å². The summed E-state index contributed by atoms with van der Waals surface area (Å²) >= 11 is 0. The van der Waals surface area contributed by atoms with Crippen molar-refractivity contribution in [1.29, 1.82) is 0 Å². The van der Waals surface area contributed by atoms with Crippen molar-refractivity contribution in [1.82, 2.24) is 25.1 Å². The largest absolute Gasteiger partial charge is 0.444 e. The van der Waals surface area contributed by atoms with Crippen LogP contribution in [0.1, 0.15) is 0 Å². The first-order chi connectivity index (χ1) is 7.45. The highest BCUT2D eigenvalue weighted by Crippen LogP contribution is 2.25. The first-order valence-electron chi connectivity index (χ1n) is 4.31. The third-order valence-electron chi connectivity index (χ3n) is 1.97. The molecule has 0 atom stereocenters. The molecule has 0 aliphatic heterocycles. The van der Waals surface area contributed by atoms with Crippen LogP contribution < -0.4 is 0 Å². The first kappa shape index (κ1) is 7.98. The number of aromatic nitrogens is 5. The highest BCUT2D eigenvalue weighted by molar-refractivity contribution is 5.71. The van der Waals surface area contributed by atoms with Crippen molar-refractivity contribution >= 4 is 0 Å². The molecule has 1 radical (unpaired) electrons. The monoisotopic (exact) mass is 200 g/mol. The lowest BCUT2D eigenvalue weighted by atomic mass is 10.2. The third kappa shape index (κ3) is 1.23. The van der Waals surface area contributed by atoms with Gasteiger partial charge in [0, 0.05) is 12.4 Å². The Kier molecular flexibility index (Phi) is 1.64. The second kappa shape index (κ2) is 3.09. The highest BCUT2D eigenvalue weighted by atomic mass is 16.3. The smallest absolute Gasteiger partial charge is 0.230 e. The van der Waals surface area contributed by atoms with E-state index in [2.05, 4.69) is 31.3 Å². The van der Waals surface area contributed by atoms with Crippen molar-refractivity contribution in [2.24, 2.45) is 0 Å². The Morgan fingerprint density at radius 1 is 1.27 bits per heavy atom. The molecular formula is C9H6N5O. The number of hydrogen-bond acceptors (Lipinski definition) is 4. The van der Waals surface area contributed by atoms with Crippen molar-refractivity contribution in [3.8, 4) is 23.0 Å². The predicted molar refractivity (Wildman–Crippen MR) is 50.5 cm³/mol. The minimum atomic E-state index is 0.468. The lowest BCUT2D eigenvalue weighted by molar-refractivity contribution is 0.574. The van der Waals surface area contributed by atoms with Crippen molar-refractivity contribution < 1.29 is 4.42 Å². The SMILES string of the molecule is [c]1n[nH]c(-c2ncc[nH]2)c1-c1ncco1. The van der Waals surface area contributed by atoms with Crippen molar-refractivity contribution in [3.63, 3.8) is 0 Å². The van der Waals surface area contributed by atoms with Crippen LogP contribution in [0.15, 0.2) is 29.3 Å². The fourth-order valence-corrected chi connectivity index (χ4v) is 1.33. The summed E-state index contributed by atoms with van der Waals surface area (Å²) in [6.45, 7) is 0. The zero-order valence-electron chi connectivity index (χ0n) is 7.56. The van der Waals surface area contributed by atoms with Gasteiger partial charge in [-0.1, -0.05) is 0 Å². The molecule has 3 aromatic heterocycles. The van der Waals surface area contributed by atoms with Crippen LogP contribution in [0, 0.1) is 6.20 Å². The van der Waals surface area contributed by atoms with Gasteiger partial charge in [-0.05, 0) is 0 Å². The van der Waals surface area contributed by atoms with Crippen LogP contribution in [0.5, 0.6) is 0 Å². The molecule has 6 heteroatoms. The van der Waals surface area contributed by atoms with Crippen LogP contribution in [0.3, 0.4) is 0 Å². The topological polar surface area (TPSA) is 83.4 Å². The van der Waals surface area contributed by atoms with Crippen molar-refractivity contribution in [3.05, 3.63) is 31.1 Å².